The molecule has 100 valence electrons. The predicted molar refractivity (Wildman–Crippen MR) is 65.6 cm³/mol. The van der Waals surface area contributed by atoms with Gasteiger partial charge < -0.3 is 10.4 Å². The average molecular weight is 263 g/mol. The van der Waals surface area contributed by atoms with Crippen molar-refractivity contribution in [3.8, 4) is 0 Å². The molecule has 0 atom stereocenters. The smallest absolute Gasteiger partial charge is 0.305 e. The van der Waals surface area contributed by atoms with Gasteiger partial charge in [-0.1, -0.05) is 0 Å². The van der Waals surface area contributed by atoms with Crippen LogP contribution in [0, 0.1) is 0 Å². The average Bonchev–Trinajstić information content (AvgIpc) is 2.95. The Labute approximate surface area is 108 Å². The lowest BCUT2D eigenvalue weighted by Crippen LogP contribution is -2.14. The Bertz CT molecular complexity index is 601. The van der Waals surface area contributed by atoms with Crippen LogP contribution in [0.15, 0.2) is 24.5 Å². The summed E-state index contributed by atoms with van der Waals surface area (Å²) in [6, 6.07) is 3.19. The molecule has 2 heterocycles. The summed E-state index contributed by atoms with van der Waals surface area (Å²) in [5.74, 6) is -0.852. The molecule has 0 saturated carbocycles. The van der Waals surface area contributed by atoms with Crippen LogP contribution in [-0.4, -0.2) is 36.5 Å². The highest BCUT2D eigenvalue weighted by molar-refractivity contribution is 6.02. The van der Waals surface area contributed by atoms with Gasteiger partial charge in [-0.2, -0.15) is 10.2 Å². The zero-order valence-corrected chi connectivity index (χ0v) is 10.3. The van der Waals surface area contributed by atoms with E-state index in [9.17, 15) is 9.59 Å². The third-order valence-corrected chi connectivity index (χ3v) is 2.38. The van der Waals surface area contributed by atoms with Crippen LogP contribution in [0.2, 0.25) is 0 Å². The molecular weight excluding hydrogens is 250 g/mol. The quantitative estimate of drug-likeness (QED) is 0.810. The van der Waals surface area contributed by atoms with Gasteiger partial charge in [-0.05, 0) is 6.07 Å². The molecule has 0 aromatic carbocycles. The summed E-state index contributed by atoms with van der Waals surface area (Å²) in [5, 5.41) is 19.2. The van der Waals surface area contributed by atoms with Gasteiger partial charge in [0, 0.05) is 25.5 Å². The monoisotopic (exact) mass is 263 g/mol. The Hall–Kier alpha value is -2.64. The van der Waals surface area contributed by atoms with E-state index < -0.39 is 5.97 Å². The number of amides is 1. The number of nitrogens with zero attached hydrogens (tertiary/aromatic N) is 4. The number of anilines is 1. The molecule has 0 spiro atoms. The van der Waals surface area contributed by atoms with Crippen molar-refractivity contribution in [2.24, 2.45) is 7.05 Å². The fraction of sp³-hybridized carbons (Fsp3) is 0.273. The lowest BCUT2D eigenvalue weighted by atomic mass is 10.4. The SMILES string of the molecule is Cn1ccc(NC(=O)c2ccn(CCC(=O)O)n2)n1. The van der Waals surface area contributed by atoms with Crippen LogP contribution in [0.1, 0.15) is 16.9 Å². The molecule has 2 aromatic rings. The number of aromatic nitrogens is 4. The summed E-state index contributed by atoms with van der Waals surface area (Å²) >= 11 is 0. The Morgan fingerprint density at radius 1 is 1.32 bits per heavy atom. The number of carbonyl (C=O) groups excluding carboxylic acids is 1. The molecule has 0 aliphatic rings. The van der Waals surface area contributed by atoms with E-state index in [1.54, 1.807) is 30.2 Å². The van der Waals surface area contributed by atoms with E-state index in [-0.39, 0.29) is 24.6 Å². The molecule has 0 bridgehead atoms. The maximum Gasteiger partial charge on any atom is 0.305 e. The summed E-state index contributed by atoms with van der Waals surface area (Å²) in [5.41, 5.74) is 0.219. The van der Waals surface area contributed by atoms with Crippen molar-refractivity contribution in [2.75, 3.05) is 5.32 Å². The van der Waals surface area contributed by atoms with Crippen molar-refractivity contribution in [1.82, 2.24) is 19.6 Å². The maximum atomic E-state index is 11.8. The van der Waals surface area contributed by atoms with Gasteiger partial charge in [-0.3, -0.25) is 19.0 Å². The molecule has 0 aliphatic carbocycles. The minimum absolute atomic E-state index is 0.0387. The Kier molecular flexibility index (Phi) is 3.60. The minimum Gasteiger partial charge on any atom is -0.481 e. The number of nitrogens with one attached hydrogen (secondary N) is 1. The van der Waals surface area contributed by atoms with Gasteiger partial charge in [-0.25, -0.2) is 0 Å². The lowest BCUT2D eigenvalue weighted by molar-refractivity contribution is -0.137. The second kappa shape index (κ2) is 5.34. The Morgan fingerprint density at radius 2 is 2.11 bits per heavy atom. The number of aryl methyl sites for hydroxylation is 2. The van der Waals surface area contributed by atoms with Gasteiger partial charge in [0.05, 0.1) is 13.0 Å². The molecule has 0 radical (unpaired) electrons. The van der Waals surface area contributed by atoms with E-state index in [2.05, 4.69) is 15.5 Å². The van der Waals surface area contributed by atoms with Gasteiger partial charge in [0.2, 0.25) is 0 Å². The summed E-state index contributed by atoms with van der Waals surface area (Å²) in [6.45, 7) is 0.228. The number of hydrogen-bond acceptors (Lipinski definition) is 4. The normalized spacial score (nSPS) is 10.4. The third-order valence-electron chi connectivity index (χ3n) is 2.38. The minimum atomic E-state index is -0.907. The van der Waals surface area contributed by atoms with Gasteiger partial charge >= 0.3 is 5.97 Å². The molecular formula is C11H13N5O3. The molecule has 8 heteroatoms. The van der Waals surface area contributed by atoms with E-state index >= 15 is 0 Å². The first-order valence-corrected chi connectivity index (χ1v) is 5.61. The molecule has 8 nitrogen and oxygen atoms in total. The number of aliphatic carboxylic acids is 1. The van der Waals surface area contributed by atoms with Crippen molar-refractivity contribution in [2.45, 2.75) is 13.0 Å². The van der Waals surface area contributed by atoms with Gasteiger partial charge in [0.1, 0.15) is 0 Å². The highest BCUT2D eigenvalue weighted by Gasteiger charge is 2.11. The van der Waals surface area contributed by atoms with Crippen molar-refractivity contribution in [3.63, 3.8) is 0 Å². The number of carboxylic acid groups (broad SMARTS) is 1. The largest absolute Gasteiger partial charge is 0.481 e. The van der Waals surface area contributed by atoms with Crippen LogP contribution in [0.3, 0.4) is 0 Å². The molecule has 0 fully saturated rings. The second-order valence-electron chi connectivity index (χ2n) is 3.94. The first-order chi connectivity index (χ1) is 9.04. The molecule has 0 aliphatic heterocycles. The fourth-order valence-corrected chi connectivity index (χ4v) is 1.48. The van der Waals surface area contributed by atoms with Gasteiger partial charge in [0.25, 0.3) is 5.91 Å². The molecule has 2 rings (SSSR count). The molecule has 2 N–H and O–H groups in total. The maximum absolute atomic E-state index is 11.8. The van der Waals surface area contributed by atoms with Gasteiger partial charge in [0.15, 0.2) is 11.5 Å². The van der Waals surface area contributed by atoms with Gasteiger partial charge in [-0.15, -0.1) is 0 Å². The number of carboxylic acids is 1. The second-order valence-corrected chi connectivity index (χ2v) is 3.94. The van der Waals surface area contributed by atoms with E-state index in [1.165, 1.54) is 10.7 Å². The van der Waals surface area contributed by atoms with Crippen LogP contribution in [0.5, 0.6) is 0 Å². The number of carbonyl (C=O) groups is 2. The Balaban J connectivity index is 1.97. The first-order valence-electron chi connectivity index (χ1n) is 5.61. The molecule has 0 saturated heterocycles. The van der Waals surface area contributed by atoms with Crippen molar-refractivity contribution < 1.29 is 14.7 Å². The zero-order valence-electron chi connectivity index (χ0n) is 10.3. The molecule has 2 aromatic heterocycles. The van der Waals surface area contributed by atoms with Crippen molar-refractivity contribution in [1.29, 1.82) is 0 Å². The molecule has 0 unspecified atom stereocenters. The third kappa shape index (κ3) is 3.41. The summed E-state index contributed by atoms with van der Waals surface area (Å²) < 4.78 is 2.99. The van der Waals surface area contributed by atoms with E-state index in [1.807, 2.05) is 0 Å². The van der Waals surface area contributed by atoms with Crippen LogP contribution in [0.4, 0.5) is 5.82 Å². The van der Waals surface area contributed by atoms with E-state index in [4.69, 9.17) is 5.11 Å². The zero-order chi connectivity index (χ0) is 13.8. The highest BCUT2D eigenvalue weighted by Crippen LogP contribution is 2.05. The number of rotatable bonds is 5. The van der Waals surface area contributed by atoms with E-state index in [0.29, 0.717) is 5.82 Å². The van der Waals surface area contributed by atoms with Crippen LogP contribution in [0.25, 0.3) is 0 Å². The van der Waals surface area contributed by atoms with Crippen molar-refractivity contribution in [3.05, 3.63) is 30.2 Å². The molecule has 19 heavy (non-hydrogen) atoms. The van der Waals surface area contributed by atoms with Crippen LogP contribution >= 0.6 is 0 Å². The Morgan fingerprint density at radius 3 is 2.74 bits per heavy atom. The van der Waals surface area contributed by atoms with Crippen molar-refractivity contribution >= 4 is 17.7 Å². The summed E-state index contributed by atoms with van der Waals surface area (Å²) in [6.07, 6.45) is 3.24. The van der Waals surface area contributed by atoms with E-state index in [0.717, 1.165) is 0 Å². The standard InChI is InChI=1S/C11H13N5O3/c1-15-5-3-9(14-15)12-11(19)8-2-6-16(13-8)7-4-10(17)18/h2-3,5-6H,4,7H2,1H3,(H,17,18)(H,12,14,19). The van der Waals surface area contributed by atoms with Crippen LogP contribution < -0.4 is 5.32 Å². The molecule has 1 amide bonds. The first kappa shape index (κ1) is 12.8. The predicted octanol–water partition coefficient (Wildman–Crippen LogP) is 0.344. The summed E-state index contributed by atoms with van der Waals surface area (Å²) in [7, 11) is 1.75. The fourth-order valence-electron chi connectivity index (χ4n) is 1.48. The van der Waals surface area contributed by atoms with Crippen LogP contribution in [-0.2, 0) is 18.4 Å². The highest BCUT2D eigenvalue weighted by atomic mass is 16.4. The number of hydrogen-bond donors (Lipinski definition) is 2. The topological polar surface area (TPSA) is 102 Å². The lowest BCUT2D eigenvalue weighted by Gasteiger charge is -1.99. The summed E-state index contributed by atoms with van der Waals surface area (Å²) in [4.78, 5) is 22.2.